The lowest BCUT2D eigenvalue weighted by Gasteiger charge is -2.18. The fraction of sp³-hybridized carbons (Fsp3) is 0.538. The van der Waals surface area contributed by atoms with Gasteiger partial charge in [-0.1, -0.05) is 18.2 Å². The maximum Gasteiger partial charge on any atom is 0.0166 e. The first-order valence-corrected chi connectivity index (χ1v) is 6.73. The minimum atomic E-state index is 0.561. The molecule has 1 N–H and O–H groups in total. The molecule has 1 rings (SSSR count). The third-order valence-corrected chi connectivity index (χ3v) is 3.26. The van der Waals surface area contributed by atoms with E-state index < -0.39 is 0 Å². The first kappa shape index (κ1) is 13.6. The number of nitrogens with zero attached hydrogens (tertiary/aromatic N) is 1. The van der Waals surface area contributed by atoms with Crippen molar-refractivity contribution in [1.29, 1.82) is 0 Å². The molecule has 3 heteroatoms. The van der Waals surface area contributed by atoms with Crippen molar-refractivity contribution >= 4 is 11.8 Å². The van der Waals surface area contributed by atoms with Gasteiger partial charge in [-0.3, -0.25) is 0 Å². The molecule has 0 aliphatic rings. The number of rotatable bonds is 7. The topological polar surface area (TPSA) is 15.3 Å². The Hall–Kier alpha value is -0.510. The van der Waals surface area contributed by atoms with E-state index in [4.69, 9.17) is 0 Å². The summed E-state index contributed by atoms with van der Waals surface area (Å²) in [6, 6.07) is 11.1. The van der Waals surface area contributed by atoms with Gasteiger partial charge in [-0.2, -0.15) is 0 Å². The number of nitrogens with one attached hydrogen (secondary N) is 1. The molecule has 1 aromatic rings. The highest BCUT2D eigenvalue weighted by Crippen LogP contribution is 2.15. The van der Waals surface area contributed by atoms with Gasteiger partial charge in [-0.25, -0.2) is 0 Å². The number of hydrogen-bond acceptors (Lipinski definition) is 3. The highest BCUT2D eigenvalue weighted by molar-refractivity contribution is 7.99. The molecule has 0 radical (unpaired) electrons. The summed E-state index contributed by atoms with van der Waals surface area (Å²) in [5.41, 5.74) is 0. The SMILES string of the molecule is CC(CN(C)C)NCCSc1ccccc1. The van der Waals surface area contributed by atoms with Gasteiger partial charge in [0.1, 0.15) is 0 Å². The molecular formula is C13H22N2S. The zero-order valence-corrected chi connectivity index (χ0v) is 11.3. The fourth-order valence-electron chi connectivity index (χ4n) is 1.60. The van der Waals surface area contributed by atoms with Crippen LogP contribution in [0.2, 0.25) is 0 Å². The molecule has 0 aliphatic carbocycles. The van der Waals surface area contributed by atoms with Crippen LogP contribution in [0.3, 0.4) is 0 Å². The Morgan fingerprint density at radius 2 is 1.94 bits per heavy atom. The van der Waals surface area contributed by atoms with Crippen molar-refractivity contribution < 1.29 is 0 Å². The van der Waals surface area contributed by atoms with Gasteiger partial charge in [-0.05, 0) is 33.2 Å². The molecule has 2 nitrogen and oxygen atoms in total. The molecule has 0 bridgehead atoms. The number of hydrogen-bond donors (Lipinski definition) is 1. The highest BCUT2D eigenvalue weighted by Gasteiger charge is 2.01. The van der Waals surface area contributed by atoms with Gasteiger partial charge in [0, 0.05) is 29.8 Å². The molecule has 0 fully saturated rings. The van der Waals surface area contributed by atoms with Gasteiger partial charge >= 0.3 is 0 Å². The van der Waals surface area contributed by atoms with E-state index >= 15 is 0 Å². The molecule has 1 aromatic carbocycles. The van der Waals surface area contributed by atoms with Gasteiger partial charge in [0.2, 0.25) is 0 Å². The van der Waals surface area contributed by atoms with Crippen molar-refractivity contribution in [1.82, 2.24) is 10.2 Å². The smallest absolute Gasteiger partial charge is 0.0166 e. The van der Waals surface area contributed by atoms with Crippen molar-refractivity contribution in [3.8, 4) is 0 Å². The molecule has 0 saturated heterocycles. The summed E-state index contributed by atoms with van der Waals surface area (Å²) in [7, 11) is 4.22. The van der Waals surface area contributed by atoms with Crippen LogP contribution in [0, 0.1) is 0 Å². The molecule has 0 aliphatic heterocycles. The second kappa shape index (κ2) is 7.71. The maximum atomic E-state index is 3.52. The summed E-state index contributed by atoms with van der Waals surface area (Å²) in [6.07, 6.45) is 0. The van der Waals surface area contributed by atoms with Gasteiger partial charge in [0.25, 0.3) is 0 Å². The minimum Gasteiger partial charge on any atom is -0.312 e. The Morgan fingerprint density at radius 3 is 2.56 bits per heavy atom. The Kier molecular flexibility index (Phi) is 6.53. The molecule has 16 heavy (non-hydrogen) atoms. The third kappa shape index (κ3) is 6.16. The second-order valence-corrected chi connectivity index (χ2v) is 5.45. The quantitative estimate of drug-likeness (QED) is 0.580. The molecule has 1 atom stereocenters. The van der Waals surface area contributed by atoms with E-state index in [0.29, 0.717) is 6.04 Å². The second-order valence-electron chi connectivity index (χ2n) is 4.28. The van der Waals surface area contributed by atoms with Crippen molar-refractivity contribution in [2.24, 2.45) is 0 Å². The van der Waals surface area contributed by atoms with Crippen LogP contribution in [0.5, 0.6) is 0 Å². The Bertz CT molecular complexity index is 275. The van der Waals surface area contributed by atoms with Crippen LogP contribution in [0.25, 0.3) is 0 Å². The molecule has 1 unspecified atom stereocenters. The van der Waals surface area contributed by atoms with E-state index in [2.05, 4.69) is 61.6 Å². The van der Waals surface area contributed by atoms with Crippen molar-refractivity contribution in [2.75, 3.05) is 32.9 Å². The monoisotopic (exact) mass is 238 g/mol. The maximum absolute atomic E-state index is 3.52. The van der Waals surface area contributed by atoms with Crippen LogP contribution in [0.4, 0.5) is 0 Å². The van der Waals surface area contributed by atoms with E-state index in [1.54, 1.807) is 0 Å². The largest absolute Gasteiger partial charge is 0.312 e. The van der Waals surface area contributed by atoms with E-state index in [1.807, 2.05) is 11.8 Å². The Labute approximate surface area is 103 Å². The van der Waals surface area contributed by atoms with Crippen molar-refractivity contribution in [2.45, 2.75) is 17.9 Å². The van der Waals surface area contributed by atoms with E-state index in [-0.39, 0.29) is 0 Å². The first-order valence-electron chi connectivity index (χ1n) is 5.74. The number of thioether (sulfide) groups is 1. The molecular weight excluding hydrogens is 216 g/mol. The normalized spacial score (nSPS) is 13.0. The van der Waals surface area contributed by atoms with Crippen LogP contribution in [-0.4, -0.2) is 43.9 Å². The van der Waals surface area contributed by atoms with Gasteiger partial charge in [-0.15, -0.1) is 11.8 Å². The van der Waals surface area contributed by atoms with Gasteiger partial charge in [0.05, 0.1) is 0 Å². The van der Waals surface area contributed by atoms with Crippen LogP contribution in [-0.2, 0) is 0 Å². The predicted molar refractivity (Wildman–Crippen MR) is 73.2 cm³/mol. The van der Waals surface area contributed by atoms with Crippen LogP contribution < -0.4 is 5.32 Å². The molecule has 90 valence electrons. The lowest BCUT2D eigenvalue weighted by atomic mass is 10.3. The summed E-state index contributed by atoms with van der Waals surface area (Å²) >= 11 is 1.91. The van der Waals surface area contributed by atoms with Crippen LogP contribution in [0.15, 0.2) is 35.2 Å². The minimum absolute atomic E-state index is 0.561. The third-order valence-electron chi connectivity index (χ3n) is 2.25. The predicted octanol–water partition coefficient (Wildman–Crippen LogP) is 2.32. The average Bonchev–Trinajstić information content (AvgIpc) is 2.25. The van der Waals surface area contributed by atoms with E-state index in [9.17, 15) is 0 Å². The summed E-state index contributed by atoms with van der Waals surface area (Å²) in [4.78, 5) is 3.56. The Morgan fingerprint density at radius 1 is 1.25 bits per heavy atom. The number of likely N-dealkylation sites (N-methyl/N-ethyl adjacent to an activating group) is 1. The summed E-state index contributed by atoms with van der Waals surface area (Å²) in [5.74, 6) is 1.13. The van der Waals surface area contributed by atoms with E-state index in [0.717, 1.165) is 18.8 Å². The number of benzene rings is 1. The van der Waals surface area contributed by atoms with Gasteiger partial charge < -0.3 is 10.2 Å². The standard InChI is InChI=1S/C13H22N2S/c1-12(11-15(2)3)14-9-10-16-13-7-5-4-6-8-13/h4-8,12,14H,9-11H2,1-3H3. The lowest BCUT2D eigenvalue weighted by Crippen LogP contribution is -2.36. The summed E-state index contributed by atoms with van der Waals surface area (Å²) in [6.45, 7) is 4.39. The molecule has 0 amide bonds. The van der Waals surface area contributed by atoms with E-state index in [1.165, 1.54) is 4.90 Å². The Balaban J connectivity index is 2.08. The lowest BCUT2D eigenvalue weighted by molar-refractivity contribution is 0.354. The molecule has 0 heterocycles. The summed E-state index contributed by atoms with van der Waals surface area (Å²) in [5, 5.41) is 3.52. The zero-order valence-electron chi connectivity index (χ0n) is 10.4. The van der Waals surface area contributed by atoms with Crippen molar-refractivity contribution in [3.63, 3.8) is 0 Å². The average molecular weight is 238 g/mol. The van der Waals surface area contributed by atoms with Crippen LogP contribution in [0.1, 0.15) is 6.92 Å². The summed E-state index contributed by atoms with van der Waals surface area (Å²) < 4.78 is 0. The highest BCUT2D eigenvalue weighted by atomic mass is 32.2. The molecule has 0 saturated carbocycles. The van der Waals surface area contributed by atoms with Crippen LogP contribution >= 0.6 is 11.8 Å². The fourth-order valence-corrected chi connectivity index (χ4v) is 2.41. The first-order chi connectivity index (χ1) is 7.68. The zero-order chi connectivity index (χ0) is 11.8. The van der Waals surface area contributed by atoms with Gasteiger partial charge in [0.15, 0.2) is 0 Å². The molecule has 0 spiro atoms. The van der Waals surface area contributed by atoms with Crippen molar-refractivity contribution in [3.05, 3.63) is 30.3 Å². The molecule has 0 aromatic heterocycles.